The highest BCUT2D eigenvalue weighted by Gasteiger charge is 2.12. The van der Waals surface area contributed by atoms with E-state index in [4.69, 9.17) is 16.3 Å². The van der Waals surface area contributed by atoms with Gasteiger partial charge in [0.25, 0.3) is 11.2 Å². The zero-order valence-corrected chi connectivity index (χ0v) is 17.2. The number of nitrogens with zero attached hydrogens (tertiary/aromatic N) is 3. The number of nitro benzene ring substituents is 1. The van der Waals surface area contributed by atoms with Gasteiger partial charge in [0, 0.05) is 17.8 Å². The molecule has 0 saturated heterocycles. The van der Waals surface area contributed by atoms with Gasteiger partial charge >= 0.3 is 0 Å². The van der Waals surface area contributed by atoms with Crippen molar-refractivity contribution in [2.75, 3.05) is 5.32 Å². The minimum atomic E-state index is -0.565. The first-order chi connectivity index (χ1) is 15.4. The van der Waals surface area contributed by atoms with E-state index in [0.717, 1.165) is 4.57 Å². The average Bonchev–Trinajstić information content (AvgIpc) is 2.78. The van der Waals surface area contributed by atoms with Crippen LogP contribution < -0.4 is 15.6 Å². The quantitative estimate of drug-likeness (QED) is 0.344. The lowest BCUT2D eigenvalue weighted by Gasteiger charge is -2.10. The fourth-order valence-corrected chi connectivity index (χ4v) is 3.16. The van der Waals surface area contributed by atoms with Crippen LogP contribution in [0.5, 0.6) is 11.5 Å². The molecule has 0 saturated carbocycles. The molecule has 1 heterocycles. The summed E-state index contributed by atoms with van der Waals surface area (Å²) in [5.41, 5.74) is 0.0688. The van der Waals surface area contributed by atoms with Crippen molar-refractivity contribution < 1.29 is 14.5 Å². The van der Waals surface area contributed by atoms with Gasteiger partial charge < -0.3 is 10.1 Å². The first-order valence-corrected chi connectivity index (χ1v) is 9.74. The molecule has 3 aromatic carbocycles. The van der Waals surface area contributed by atoms with Gasteiger partial charge in [0.15, 0.2) is 0 Å². The van der Waals surface area contributed by atoms with Crippen molar-refractivity contribution in [2.24, 2.45) is 0 Å². The number of aromatic nitrogens is 2. The Labute approximate surface area is 186 Å². The number of amides is 1. The highest BCUT2D eigenvalue weighted by molar-refractivity contribution is 6.32. The normalized spacial score (nSPS) is 10.7. The van der Waals surface area contributed by atoms with Crippen molar-refractivity contribution in [3.8, 4) is 11.5 Å². The van der Waals surface area contributed by atoms with E-state index in [2.05, 4.69) is 10.3 Å². The van der Waals surface area contributed by atoms with E-state index in [1.165, 1.54) is 24.5 Å². The Morgan fingerprint density at radius 3 is 2.59 bits per heavy atom. The summed E-state index contributed by atoms with van der Waals surface area (Å²) in [7, 11) is 0. The number of ether oxygens (including phenoxy) is 1. The second-order valence-electron chi connectivity index (χ2n) is 6.74. The van der Waals surface area contributed by atoms with Crippen molar-refractivity contribution in [3.63, 3.8) is 0 Å². The maximum absolute atomic E-state index is 12.6. The van der Waals surface area contributed by atoms with Crippen LogP contribution in [0.4, 0.5) is 11.4 Å². The Bertz CT molecular complexity index is 1390. The summed E-state index contributed by atoms with van der Waals surface area (Å²) in [6.07, 6.45) is 1.19. The van der Waals surface area contributed by atoms with Crippen LogP contribution in [-0.2, 0) is 11.3 Å². The lowest BCUT2D eigenvalue weighted by molar-refractivity contribution is -0.384. The van der Waals surface area contributed by atoms with Crippen molar-refractivity contribution in [2.45, 2.75) is 6.54 Å². The number of carbonyl (C=O) groups is 1. The SMILES string of the molecule is O=C(Cn1cnc2cc([N+](=O)[O-])ccc2c1=O)Nc1ccc(Oc2ccccc2Cl)cc1. The molecule has 9 nitrogen and oxygen atoms in total. The third-order valence-corrected chi connectivity index (χ3v) is 4.85. The lowest BCUT2D eigenvalue weighted by Crippen LogP contribution is -2.27. The van der Waals surface area contributed by atoms with Gasteiger partial charge in [-0.05, 0) is 42.5 Å². The molecule has 1 aromatic heterocycles. The average molecular weight is 451 g/mol. The summed E-state index contributed by atoms with van der Waals surface area (Å²) >= 11 is 6.08. The molecule has 0 spiro atoms. The van der Waals surface area contributed by atoms with Gasteiger partial charge in [0.1, 0.15) is 18.0 Å². The predicted molar refractivity (Wildman–Crippen MR) is 119 cm³/mol. The number of fused-ring (bicyclic) bond motifs is 1. The zero-order valence-electron chi connectivity index (χ0n) is 16.4. The van der Waals surface area contributed by atoms with Crippen LogP contribution in [0.15, 0.2) is 77.9 Å². The van der Waals surface area contributed by atoms with Gasteiger partial charge in [-0.15, -0.1) is 0 Å². The summed E-state index contributed by atoms with van der Waals surface area (Å²) in [6.45, 7) is -0.267. The standard InChI is InChI=1S/C22H15ClN4O5/c23-18-3-1-2-4-20(18)32-16-8-5-14(6-9-16)25-21(28)12-26-13-24-19-11-15(27(30)31)7-10-17(19)22(26)29/h1-11,13H,12H2,(H,25,28). The van der Waals surface area contributed by atoms with E-state index in [0.29, 0.717) is 22.2 Å². The van der Waals surface area contributed by atoms with Gasteiger partial charge in [-0.3, -0.25) is 24.3 Å². The van der Waals surface area contributed by atoms with Crippen molar-refractivity contribution in [3.05, 3.63) is 98.5 Å². The molecule has 1 N–H and O–H groups in total. The van der Waals surface area contributed by atoms with Gasteiger partial charge in [0.2, 0.25) is 5.91 Å². The maximum atomic E-state index is 12.6. The summed E-state index contributed by atoms with van der Waals surface area (Å²) in [6, 6.07) is 17.5. The number of anilines is 1. The van der Waals surface area contributed by atoms with Crippen molar-refractivity contribution in [1.82, 2.24) is 9.55 Å². The molecule has 0 aliphatic rings. The molecule has 0 aliphatic carbocycles. The molecule has 0 bridgehead atoms. The number of nitro groups is 1. The highest BCUT2D eigenvalue weighted by atomic mass is 35.5. The smallest absolute Gasteiger partial charge is 0.271 e. The second-order valence-corrected chi connectivity index (χ2v) is 7.15. The molecule has 0 aliphatic heterocycles. The molecule has 0 unspecified atom stereocenters. The van der Waals surface area contributed by atoms with E-state index in [9.17, 15) is 19.7 Å². The molecule has 4 aromatic rings. The minimum Gasteiger partial charge on any atom is -0.456 e. The Kier molecular flexibility index (Phi) is 5.82. The van der Waals surface area contributed by atoms with Gasteiger partial charge in [-0.2, -0.15) is 0 Å². The first kappa shape index (κ1) is 21.0. The maximum Gasteiger partial charge on any atom is 0.271 e. The van der Waals surface area contributed by atoms with Crippen molar-refractivity contribution in [1.29, 1.82) is 0 Å². The number of hydrogen-bond donors (Lipinski definition) is 1. The van der Waals surface area contributed by atoms with Crippen molar-refractivity contribution >= 4 is 39.8 Å². The Morgan fingerprint density at radius 2 is 1.88 bits per heavy atom. The molecule has 0 radical (unpaired) electrons. The number of benzene rings is 3. The van der Waals surface area contributed by atoms with Crippen LogP contribution >= 0.6 is 11.6 Å². The van der Waals surface area contributed by atoms with Crippen LogP contribution in [0.3, 0.4) is 0 Å². The Hall–Kier alpha value is -4.24. The number of carbonyl (C=O) groups excluding carboxylic acids is 1. The highest BCUT2D eigenvalue weighted by Crippen LogP contribution is 2.29. The number of nitrogens with one attached hydrogen (secondary N) is 1. The Morgan fingerprint density at radius 1 is 1.12 bits per heavy atom. The Balaban J connectivity index is 1.44. The fourth-order valence-electron chi connectivity index (χ4n) is 2.99. The molecule has 32 heavy (non-hydrogen) atoms. The number of halogens is 1. The summed E-state index contributed by atoms with van der Waals surface area (Å²) in [5.74, 6) is 0.620. The van der Waals surface area contributed by atoms with E-state index >= 15 is 0 Å². The van der Waals surface area contributed by atoms with Crippen LogP contribution in [0.2, 0.25) is 5.02 Å². The third kappa shape index (κ3) is 4.57. The fraction of sp³-hybridized carbons (Fsp3) is 0.0455. The van der Waals surface area contributed by atoms with E-state index < -0.39 is 16.4 Å². The third-order valence-electron chi connectivity index (χ3n) is 4.54. The summed E-state index contributed by atoms with van der Waals surface area (Å²) < 4.78 is 6.84. The topological polar surface area (TPSA) is 116 Å². The van der Waals surface area contributed by atoms with Gasteiger partial charge in [-0.1, -0.05) is 23.7 Å². The first-order valence-electron chi connectivity index (χ1n) is 9.36. The van der Waals surface area contributed by atoms with E-state index in [1.54, 1.807) is 48.5 Å². The van der Waals surface area contributed by atoms with Gasteiger partial charge in [-0.25, -0.2) is 4.98 Å². The van der Waals surface area contributed by atoms with E-state index in [-0.39, 0.29) is 23.1 Å². The molecule has 10 heteroatoms. The minimum absolute atomic E-state index is 0.165. The monoisotopic (exact) mass is 450 g/mol. The number of hydrogen-bond acceptors (Lipinski definition) is 6. The largest absolute Gasteiger partial charge is 0.456 e. The zero-order chi connectivity index (χ0) is 22.7. The molecule has 4 rings (SSSR count). The number of rotatable bonds is 6. The van der Waals surface area contributed by atoms with Crippen LogP contribution in [0.1, 0.15) is 0 Å². The number of non-ortho nitro benzene ring substituents is 1. The lowest BCUT2D eigenvalue weighted by atomic mass is 10.2. The second kappa shape index (κ2) is 8.86. The van der Waals surface area contributed by atoms with Crippen LogP contribution in [-0.4, -0.2) is 20.4 Å². The molecule has 0 fully saturated rings. The van der Waals surface area contributed by atoms with Crippen LogP contribution in [0, 0.1) is 10.1 Å². The molecular weight excluding hydrogens is 436 g/mol. The molecular formula is C22H15ClN4O5. The number of para-hydroxylation sites is 1. The molecule has 160 valence electrons. The molecule has 0 atom stereocenters. The van der Waals surface area contributed by atoms with Gasteiger partial charge in [0.05, 0.1) is 27.2 Å². The summed E-state index contributed by atoms with van der Waals surface area (Å²) in [5, 5.41) is 14.2. The molecule has 1 amide bonds. The van der Waals surface area contributed by atoms with E-state index in [1.807, 2.05) is 0 Å². The predicted octanol–water partition coefficient (Wildman–Crippen LogP) is 4.39. The van der Waals surface area contributed by atoms with Crippen LogP contribution in [0.25, 0.3) is 10.9 Å². The summed E-state index contributed by atoms with van der Waals surface area (Å²) in [4.78, 5) is 39.3.